The number of thioether (sulfide) groups is 1. The molecule has 0 unspecified atom stereocenters. The van der Waals surface area contributed by atoms with E-state index >= 15 is 0 Å². The van der Waals surface area contributed by atoms with Crippen LogP contribution in [0.15, 0.2) is 38.4 Å². The fourth-order valence-corrected chi connectivity index (χ4v) is 3.30. The van der Waals surface area contributed by atoms with Crippen molar-refractivity contribution in [2.24, 2.45) is 0 Å². The van der Waals surface area contributed by atoms with Gasteiger partial charge in [0, 0.05) is 30.8 Å². The maximum absolute atomic E-state index is 5.75. The number of unbranched alkanes of at least 4 members (excludes halogenated alkanes) is 1. The molecule has 2 aromatic heterocycles. The maximum atomic E-state index is 5.75. The summed E-state index contributed by atoms with van der Waals surface area (Å²) in [5.74, 6) is 2.36. The van der Waals surface area contributed by atoms with Gasteiger partial charge in [0.1, 0.15) is 0 Å². The first-order chi connectivity index (χ1) is 13.2. The average molecular weight is 388 g/mol. The van der Waals surface area contributed by atoms with Gasteiger partial charge in [-0.25, -0.2) is 0 Å². The summed E-state index contributed by atoms with van der Waals surface area (Å²) in [5, 5.41) is 12.7. The van der Waals surface area contributed by atoms with Gasteiger partial charge in [0.05, 0.1) is 5.75 Å². The predicted molar refractivity (Wildman–Crippen MR) is 106 cm³/mol. The van der Waals surface area contributed by atoms with Gasteiger partial charge in [-0.15, -0.1) is 10.2 Å². The van der Waals surface area contributed by atoms with Crippen LogP contribution in [0.25, 0.3) is 11.5 Å². The van der Waals surface area contributed by atoms with Gasteiger partial charge in [0.2, 0.25) is 11.8 Å². The minimum atomic E-state index is 0.492. The summed E-state index contributed by atoms with van der Waals surface area (Å²) in [6.07, 6.45) is 3.02. The summed E-state index contributed by atoms with van der Waals surface area (Å²) in [6.45, 7) is 8.39. The van der Waals surface area contributed by atoms with Crippen LogP contribution in [0, 0.1) is 0 Å². The number of hydrogen-bond donors (Lipinski definition) is 0. The molecule has 7 nitrogen and oxygen atoms in total. The van der Waals surface area contributed by atoms with Crippen molar-refractivity contribution in [2.45, 2.75) is 51.0 Å². The van der Waals surface area contributed by atoms with E-state index in [2.05, 4.69) is 58.1 Å². The van der Waals surface area contributed by atoms with E-state index < -0.39 is 0 Å². The van der Waals surface area contributed by atoms with Crippen molar-refractivity contribution in [3.8, 4) is 11.5 Å². The van der Waals surface area contributed by atoms with Crippen LogP contribution in [-0.2, 0) is 12.2 Å². The van der Waals surface area contributed by atoms with Crippen molar-refractivity contribution in [3.63, 3.8) is 0 Å². The van der Waals surface area contributed by atoms with Crippen molar-refractivity contribution >= 4 is 17.4 Å². The summed E-state index contributed by atoms with van der Waals surface area (Å²) in [7, 11) is 0. The van der Waals surface area contributed by atoms with Crippen molar-refractivity contribution in [1.29, 1.82) is 0 Å². The summed E-state index contributed by atoms with van der Waals surface area (Å²) in [4.78, 5) is 6.67. The number of anilines is 1. The van der Waals surface area contributed by atoms with Gasteiger partial charge in [0.15, 0.2) is 5.82 Å². The number of rotatable bonds is 10. The zero-order valence-corrected chi connectivity index (χ0v) is 16.8. The van der Waals surface area contributed by atoms with Gasteiger partial charge in [-0.2, -0.15) is 4.98 Å². The van der Waals surface area contributed by atoms with Crippen LogP contribution in [0.4, 0.5) is 5.69 Å². The number of aryl methyl sites for hydroxylation is 1. The number of aromatic nitrogens is 4. The zero-order valence-electron chi connectivity index (χ0n) is 16.0. The van der Waals surface area contributed by atoms with E-state index in [1.807, 2.05) is 12.1 Å². The van der Waals surface area contributed by atoms with Gasteiger partial charge < -0.3 is 13.8 Å². The number of benzene rings is 1. The molecule has 27 heavy (non-hydrogen) atoms. The lowest BCUT2D eigenvalue weighted by Gasteiger charge is -2.20. The Hall–Kier alpha value is -2.35. The summed E-state index contributed by atoms with van der Waals surface area (Å²) < 4.78 is 11.0. The Morgan fingerprint density at radius 2 is 1.81 bits per heavy atom. The van der Waals surface area contributed by atoms with E-state index in [9.17, 15) is 0 Å². The topological polar surface area (TPSA) is 81.1 Å². The Labute approximate surface area is 163 Å². The Kier molecular flexibility index (Phi) is 6.86. The first-order valence-corrected chi connectivity index (χ1v) is 10.3. The van der Waals surface area contributed by atoms with Crippen LogP contribution in [0.1, 0.15) is 45.3 Å². The first-order valence-electron chi connectivity index (χ1n) is 9.36. The third kappa shape index (κ3) is 5.09. The highest BCUT2D eigenvalue weighted by Gasteiger charge is 2.12. The second-order valence-corrected chi connectivity index (χ2v) is 7.02. The largest absolute Gasteiger partial charge is 0.411 e. The lowest BCUT2D eigenvalue weighted by molar-refractivity contribution is 0.383. The minimum absolute atomic E-state index is 0.492. The van der Waals surface area contributed by atoms with Crippen LogP contribution >= 0.6 is 11.8 Å². The smallest absolute Gasteiger partial charge is 0.277 e. The molecule has 0 radical (unpaired) electrons. The van der Waals surface area contributed by atoms with Gasteiger partial charge >= 0.3 is 0 Å². The fraction of sp³-hybridized carbons (Fsp3) is 0.474. The molecule has 0 fully saturated rings. The summed E-state index contributed by atoms with van der Waals surface area (Å²) >= 11 is 1.40. The Balaban J connectivity index is 1.59. The highest BCUT2D eigenvalue weighted by Crippen LogP contribution is 2.27. The number of hydrogen-bond acceptors (Lipinski definition) is 8. The standard InChI is InChI=1S/C19H25N5O2S/c1-4-7-8-16-20-17(26-23-16)13-27-19-22-21-18(25-19)14-9-11-15(12-10-14)24(5-2)6-3/h9-12H,4-8,13H2,1-3H3. The molecule has 0 aliphatic heterocycles. The normalized spacial score (nSPS) is 11.1. The van der Waals surface area contributed by atoms with Crippen LogP contribution in [0.2, 0.25) is 0 Å². The molecule has 1 aromatic carbocycles. The van der Waals surface area contributed by atoms with Gasteiger partial charge in [0.25, 0.3) is 5.22 Å². The Morgan fingerprint density at radius 1 is 1.04 bits per heavy atom. The molecule has 0 aliphatic carbocycles. The van der Waals surface area contributed by atoms with E-state index in [1.54, 1.807) is 0 Å². The molecule has 3 aromatic rings. The van der Waals surface area contributed by atoms with Crippen LogP contribution in [0.5, 0.6) is 0 Å². The maximum Gasteiger partial charge on any atom is 0.277 e. The highest BCUT2D eigenvalue weighted by atomic mass is 32.2. The van der Waals surface area contributed by atoms with E-state index in [0.29, 0.717) is 22.8 Å². The van der Waals surface area contributed by atoms with Crippen molar-refractivity contribution in [3.05, 3.63) is 36.0 Å². The highest BCUT2D eigenvalue weighted by molar-refractivity contribution is 7.98. The van der Waals surface area contributed by atoms with Crippen LogP contribution in [-0.4, -0.2) is 33.4 Å². The Morgan fingerprint density at radius 3 is 2.52 bits per heavy atom. The van der Waals surface area contributed by atoms with Crippen LogP contribution < -0.4 is 4.90 Å². The summed E-state index contributed by atoms with van der Waals surface area (Å²) in [6, 6.07) is 8.17. The predicted octanol–water partition coefficient (Wildman–Crippen LogP) is 4.60. The molecular formula is C19H25N5O2S. The van der Waals surface area contributed by atoms with Gasteiger partial charge in [-0.1, -0.05) is 30.3 Å². The average Bonchev–Trinajstić information content (AvgIpc) is 3.36. The van der Waals surface area contributed by atoms with E-state index in [-0.39, 0.29) is 0 Å². The molecular weight excluding hydrogens is 362 g/mol. The lowest BCUT2D eigenvalue weighted by Crippen LogP contribution is -2.21. The summed E-state index contributed by atoms with van der Waals surface area (Å²) in [5.41, 5.74) is 2.10. The quantitative estimate of drug-likeness (QED) is 0.467. The molecule has 0 spiro atoms. The second kappa shape index (κ2) is 9.55. The SMILES string of the molecule is CCCCc1noc(CSc2nnc(-c3ccc(N(CC)CC)cc3)o2)n1. The third-order valence-corrected chi connectivity index (χ3v) is 5.04. The molecule has 0 atom stereocenters. The Bertz CT molecular complexity index is 827. The molecule has 0 aliphatic rings. The monoisotopic (exact) mass is 387 g/mol. The van der Waals surface area contributed by atoms with Gasteiger partial charge in [-0.3, -0.25) is 0 Å². The van der Waals surface area contributed by atoms with Gasteiger partial charge in [-0.05, 0) is 44.5 Å². The van der Waals surface area contributed by atoms with E-state index in [1.165, 1.54) is 17.4 Å². The first kappa shape index (κ1) is 19.4. The molecule has 8 heteroatoms. The lowest BCUT2D eigenvalue weighted by atomic mass is 10.2. The van der Waals surface area contributed by atoms with Crippen molar-refractivity contribution < 1.29 is 8.94 Å². The van der Waals surface area contributed by atoms with E-state index in [0.717, 1.165) is 43.7 Å². The van der Waals surface area contributed by atoms with Crippen molar-refractivity contribution in [2.75, 3.05) is 18.0 Å². The molecule has 0 N–H and O–H groups in total. The molecule has 2 heterocycles. The third-order valence-electron chi connectivity index (χ3n) is 4.23. The molecule has 0 bridgehead atoms. The fourth-order valence-electron chi connectivity index (χ4n) is 2.70. The molecule has 3 rings (SSSR count). The zero-order chi connectivity index (χ0) is 19.1. The molecule has 0 amide bonds. The van der Waals surface area contributed by atoms with E-state index in [4.69, 9.17) is 8.94 Å². The molecule has 0 saturated carbocycles. The molecule has 0 saturated heterocycles. The van der Waals surface area contributed by atoms with Crippen LogP contribution in [0.3, 0.4) is 0 Å². The molecule has 144 valence electrons. The number of nitrogens with zero attached hydrogens (tertiary/aromatic N) is 5. The second-order valence-electron chi connectivity index (χ2n) is 6.09. The minimum Gasteiger partial charge on any atom is -0.411 e. The van der Waals surface area contributed by atoms with Crippen molar-refractivity contribution in [1.82, 2.24) is 20.3 Å².